The zero-order valence-electron chi connectivity index (χ0n) is 37.0. The third kappa shape index (κ3) is 6.16. The van der Waals surface area contributed by atoms with Crippen molar-refractivity contribution in [2.75, 3.05) is 0 Å². The first-order valence-corrected chi connectivity index (χ1v) is 23.6. The summed E-state index contributed by atoms with van der Waals surface area (Å²) in [6, 6.07) is 61.7. The summed E-state index contributed by atoms with van der Waals surface area (Å²) in [6.07, 6.45) is 18.6. The summed E-state index contributed by atoms with van der Waals surface area (Å²) < 4.78 is 0. The van der Waals surface area contributed by atoms with Crippen LogP contribution in [0.4, 0.5) is 0 Å². The minimum absolute atomic E-state index is 0.141. The lowest BCUT2D eigenvalue weighted by Gasteiger charge is -2.48. The molecule has 0 bridgehead atoms. The molecule has 1 heterocycles. The summed E-state index contributed by atoms with van der Waals surface area (Å²) in [5.74, 6) is 0. The van der Waals surface area contributed by atoms with Crippen LogP contribution in [0.15, 0.2) is 194 Å². The van der Waals surface area contributed by atoms with Gasteiger partial charge in [-0.3, -0.25) is 0 Å². The van der Waals surface area contributed by atoms with Crippen molar-refractivity contribution in [2.24, 2.45) is 0 Å². The molecule has 0 fully saturated rings. The average molecular weight is 824 g/mol. The van der Waals surface area contributed by atoms with Crippen LogP contribution in [0.25, 0.3) is 50.4 Å². The van der Waals surface area contributed by atoms with E-state index in [0.29, 0.717) is 0 Å². The minimum atomic E-state index is -0.416. The number of benzene rings is 6. The molecule has 1 nitrogen and oxygen atoms in total. The molecule has 0 unspecified atom stereocenters. The molecule has 0 amide bonds. The number of hydrogen-bond donors (Lipinski definition) is 0. The number of pyridine rings is 1. The lowest BCUT2D eigenvalue weighted by Crippen LogP contribution is -2.41. The van der Waals surface area contributed by atoms with Crippen LogP contribution < -0.4 is 0 Å². The summed E-state index contributed by atoms with van der Waals surface area (Å²) in [6.45, 7) is 4.84. The maximum Gasteiger partial charge on any atom is 0.0721 e. The van der Waals surface area contributed by atoms with Gasteiger partial charge in [-0.05, 0) is 153 Å². The lowest BCUT2D eigenvalue weighted by atomic mass is 9.54. The number of aromatic nitrogens is 1. The van der Waals surface area contributed by atoms with E-state index in [4.69, 9.17) is 4.98 Å². The van der Waals surface area contributed by atoms with Crippen molar-refractivity contribution >= 4 is 27.9 Å². The average Bonchev–Trinajstić information content (AvgIpc) is 3.67. The number of allylic oxidation sites excluding steroid dienone is 10. The third-order valence-corrected chi connectivity index (χ3v) is 15.2. The fourth-order valence-electron chi connectivity index (χ4n) is 12.1. The van der Waals surface area contributed by atoms with E-state index in [-0.39, 0.29) is 5.41 Å². The zero-order chi connectivity index (χ0) is 42.8. The summed E-state index contributed by atoms with van der Waals surface area (Å²) in [5, 5.41) is 0. The van der Waals surface area contributed by atoms with Gasteiger partial charge in [0.15, 0.2) is 0 Å². The van der Waals surface area contributed by atoms with Gasteiger partial charge in [-0.15, -0.1) is 0 Å². The smallest absolute Gasteiger partial charge is 0.0721 e. The van der Waals surface area contributed by atoms with Crippen LogP contribution in [0, 0.1) is 0 Å². The van der Waals surface area contributed by atoms with Gasteiger partial charge >= 0.3 is 0 Å². The molecule has 1 aromatic heterocycles. The molecular formula is C63H53N. The molecule has 0 saturated carbocycles. The van der Waals surface area contributed by atoms with Crippen LogP contribution in [0.5, 0.6) is 0 Å². The van der Waals surface area contributed by atoms with Gasteiger partial charge in [0, 0.05) is 16.5 Å². The van der Waals surface area contributed by atoms with E-state index in [1.54, 1.807) is 0 Å². The van der Waals surface area contributed by atoms with E-state index in [0.717, 1.165) is 55.5 Å². The molecule has 310 valence electrons. The van der Waals surface area contributed by atoms with Gasteiger partial charge in [-0.2, -0.15) is 0 Å². The molecule has 0 radical (unpaired) electrons. The Kier molecular flexibility index (Phi) is 9.37. The van der Waals surface area contributed by atoms with Gasteiger partial charge in [0.2, 0.25) is 0 Å². The first-order valence-electron chi connectivity index (χ1n) is 23.6. The number of nitrogens with zero attached hydrogens (tertiary/aromatic N) is 1. The Labute approximate surface area is 379 Å². The second-order valence-corrected chi connectivity index (χ2v) is 19.1. The van der Waals surface area contributed by atoms with Crippen LogP contribution in [-0.2, 0) is 10.8 Å². The predicted octanol–water partition coefficient (Wildman–Crippen LogP) is 16.3. The molecule has 1 heteroatoms. The van der Waals surface area contributed by atoms with Gasteiger partial charge in [-0.25, -0.2) is 4.98 Å². The lowest BCUT2D eigenvalue weighted by molar-refractivity contribution is 0.550. The van der Waals surface area contributed by atoms with Gasteiger partial charge in [0.1, 0.15) is 0 Å². The van der Waals surface area contributed by atoms with Crippen LogP contribution in [0.3, 0.4) is 0 Å². The summed E-state index contributed by atoms with van der Waals surface area (Å²) in [4.78, 5) is 5.60. The van der Waals surface area contributed by atoms with Crippen molar-refractivity contribution in [2.45, 2.75) is 76.0 Å². The van der Waals surface area contributed by atoms with Crippen molar-refractivity contribution in [1.29, 1.82) is 0 Å². The fourth-order valence-corrected chi connectivity index (χ4v) is 12.1. The SMILES string of the molecule is CC1(C)c2ccccc2C2(C3=C(C=C(c4ccc(C5=CC=C(c6ccccc6)CC5)cc4)CC3)c3c(-c4cc(C5=CCCCC5)cc(-c5ccccc5)n4)cccc32)c2ccccc21. The quantitative estimate of drug-likeness (QED) is 0.163. The van der Waals surface area contributed by atoms with Crippen LogP contribution in [0.1, 0.15) is 121 Å². The molecule has 12 rings (SSSR count). The Bertz CT molecular complexity index is 3100. The second kappa shape index (κ2) is 15.5. The molecule has 0 aliphatic heterocycles. The molecule has 7 aromatic rings. The van der Waals surface area contributed by atoms with Gasteiger partial charge < -0.3 is 0 Å². The molecule has 1 spiro atoms. The fraction of sp³-hybridized carbons (Fsp3) is 0.190. The van der Waals surface area contributed by atoms with E-state index in [1.807, 2.05) is 0 Å². The standard InChI is InChI=1S/C63H53N/c1-62(2)54-24-12-14-26-56(54)63(57-27-15-13-25-55(57)62)53-38-37-49(47-35-33-46(34-36-47)45-31-29-44(30-32-45)42-17-6-3-7-18-42)39-52(53)61-51(23-16-28-58(61)63)60-41-50(43-19-8-4-9-20-43)40-59(64-60)48-21-10-5-11-22-48/h3,5-7,10-19,21-29,31,33-36,39-41H,4,8-9,20,30,32,37-38H2,1-2H3. The Morgan fingerprint density at radius 2 is 0.969 bits per heavy atom. The summed E-state index contributed by atoms with van der Waals surface area (Å²) >= 11 is 0. The van der Waals surface area contributed by atoms with E-state index >= 15 is 0 Å². The Morgan fingerprint density at radius 3 is 1.59 bits per heavy atom. The molecule has 6 aromatic carbocycles. The topological polar surface area (TPSA) is 12.9 Å². The first kappa shape index (κ1) is 38.8. The van der Waals surface area contributed by atoms with Crippen LogP contribution >= 0.6 is 0 Å². The zero-order valence-corrected chi connectivity index (χ0v) is 37.0. The minimum Gasteiger partial charge on any atom is -0.248 e. The number of hydrogen-bond acceptors (Lipinski definition) is 1. The Hall–Kier alpha value is -6.83. The maximum atomic E-state index is 5.60. The van der Waals surface area contributed by atoms with E-state index in [9.17, 15) is 0 Å². The molecular weight excluding hydrogens is 771 g/mol. The predicted molar refractivity (Wildman–Crippen MR) is 269 cm³/mol. The van der Waals surface area contributed by atoms with Crippen LogP contribution in [-0.4, -0.2) is 4.98 Å². The van der Waals surface area contributed by atoms with Gasteiger partial charge in [0.05, 0.1) is 16.8 Å². The molecule has 5 aliphatic carbocycles. The molecule has 0 atom stereocenters. The summed E-state index contributed by atoms with van der Waals surface area (Å²) in [5.41, 5.74) is 26.2. The highest BCUT2D eigenvalue weighted by Gasteiger charge is 2.54. The second-order valence-electron chi connectivity index (χ2n) is 19.1. The van der Waals surface area contributed by atoms with E-state index in [2.05, 4.69) is 202 Å². The van der Waals surface area contributed by atoms with Gasteiger partial charge in [-0.1, -0.05) is 190 Å². The Morgan fingerprint density at radius 1 is 0.422 bits per heavy atom. The van der Waals surface area contributed by atoms with E-state index in [1.165, 1.54) is 107 Å². The highest BCUT2D eigenvalue weighted by atomic mass is 14.7. The first-order chi connectivity index (χ1) is 31.5. The highest BCUT2D eigenvalue weighted by molar-refractivity contribution is 6.01. The number of fused-ring (bicyclic) bond motifs is 8. The van der Waals surface area contributed by atoms with Crippen molar-refractivity contribution in [3.63, 3.8) is 0 Å². The van der Waals surface area contributed by atoms with Crippen molar-refractivity contribution in [3.8, 4) is 22.5 Å². The normalized spacial score (nSPS) is 17.9. The molecule has 64 heavy (non-hydrogen) atoms. The van der Waals surface area contributed by atoms with Crippen molar-refractivity contribution in [3.05, 3.63) is 249 Å². The van der Waals surface area contributed by atoms with Crippen molar-refractivity contribution < 1.29 is 0 Å². The highest BCUT2D eigenvalue weighted by Crippen LogP contribution is 2.64. The van der Waals surface area contributed by atoms with Crippen molar-refractivity contribution in [1.82, 2.24) is 4.98 Å². The molecule has 5 aliphatic rings. The van der Waals surface area contributed by atoms with Gasteiger partial charge in [0.25, 0.3) is 0 Å². The third-order valence-electron chi connectivity index (χ3n) is 15.2. The maximum absolute atomic E-state index is 5.60. The monoisotopic (exact) mass is 823 g/mol. The van der Waals surface area contributed by atoms with E-state index < -0.39 is 5.41 Å². The molecule has 0 saturated heterocycles. The van der Waals surface area contributed by atoms with Crippen LogP contribution in [0.2, 0.25) is 0 Å². The summed E-state index contributed by atoms with van der Waals surface area (Å²) in [7, 11) is 0. The Balaban J connectivity index is 1.05. The molecule has 0 N–H and O–H groups in total. The largest absolute Gasteiger partial charge is 0.248 e. The number of rotatable bonds is 6.